The molecule has 4 nitrogen and oxygen atoms in total. The van der Waals surface area contributed by atoms with Crippen LogP contribution in [0.2, 0.25) is 0 Å². The van der Waals surface area contributed by atoms with Crippen LogP contribution in [0.15, 0.2) is 0 Å². The maximum Gasteiger partial charge on any atom is 0.147 e. The summed E-state index contributed by atoms with van der Waals surface area (Å²) in [6, 6.07) is 0.584. The number of quaternary nitrogens is 1. The molecule has 2 heterocycles. The number of hydrogen-bond acceptors (Lipinski definition) is 3. The summed E-state index contributed by atoms with van der Waals surface area (Å²) in [6.45, 7) is 4.09. The maximum absolute atomic E-state index is 5.45. The predicted octanol–water partition coefficient (Wildman–Crippen LogP) is -1.34. The molecule has 2 rings (SSSR count). The minimum Gasteiger partial charge on any atom is -0.369 e. The molecule has 2 aliphatic heterocycles. The Hall–Kier alpha value is -0.160. The minimum absolute atomic E-state index is 0.293. The molecule has 0 aromatic heterocycles. The summed E-state index contributed by atoms with van der Waals surface area (Å²) in [5.41, 5.74) is 0. The third kappa shape index (κ3) is 2.40. The molecule has 1 N–H and O–H groups in total. The van der Waals surface area contributed by atoms with E-state index in [0.717, 1.165) is 32.8 Å². The van der Waals surface area contributed by atoms with Gasteiger partial charge in [0.25, 0.3) is 0 Å². The molecule has 0 aromatic rings. The van der Waals surface area contributed by atoms with Crippen molar-refractivity contribution in [2.45, 2.75) is 18.6 Å². The van der Waals surface area contributed by atoms with E-state index in [9.17, 15) is 0 Å². The lowest BCUT2D eigenvalue weighted by molar-refractivity contribution is -0.915. The van der Waals surface area contributed by atoms with E-state index in [1.165, 1.54) is 0 Å². The molecule has 0 saturated carbocycles. The average Bonchev–Trinajstić information content (AvgIpc) is 2.61. The highest BCUT2D eigenvalue weighted by Crippen LogP contribution is 2.09. The van der Waals surface area contributed by atoms with Crippen molar-refractivity contribution in [1.29, 1.82) is 0 Å². The van der Waals surface area contributed by atoms with Gasteiger partial charge in [0.1, 0.15) is 19.4 Å². The van der Waals surface area contributed by atoms with Gasteiger partial charge in [-0.15, -0.1) is 0 Å². The number of likely N-dealkylation sites (N-methyl/N-ethyl adjacent to an activating group) is 1. The minimum atomic E-state index is 0.293. The molecule has 0 bridgehead atoms. The van der Waals surface area contributed by atoms with Crippen LogP contribution in [0, 0.1) is 0 Å². The number of nitrogens with one attached hydrogen (secondary N) is 1. The van der Waals surface area contributed by atoms with E-state index in [2.05, 4.69) is 7.05 Å². The second-order valence-electron chi connectivity index (χ2n) is 3.88. The maximum atomic E-state index is 5.45. The molecule has 3 unspecified atom stereocenters. The van der Waals surface area contributed by atoms with E-state index in [1.54, 1.807) is 4.90 Å². The molecule has 0 aromatic carbocycles. The summed E-state index contributed by atoms with van der Waals surface area (Å²) < 4.78 is 16.0. The Morgan fingerprint density at radius 3 is 2.92 bits per heavy atom. The Morgan fingerprint density at radius 2 is 2.23 bits per heavy atom. The van der Waals surface area contributed by atoms with Gasteiger partial charge in [-0.1, -0.05) is 0 Å². The lowest BCUT2D eigenvalue weighted by Crippen LogP contribution is -3.15. The highest BCUT2D eigenvalue weighted by Gasteiger charge is 2.28. The Balaban J connectivity index is 1.78. The second kappa shape index (κ2) is 4.37. The van der Waals surface area contributed by atoms with E-state index in [-0.39, 0.29) is 0 Å². The van der Waals surface area contributed by atoms with Crippen molar-refractivity contribution >= 4 is 0 Å². The summed E-state index contributed by atoms with van der Waals surface area (Å²) in [7, 11) is 2.23. The van der Waals surface area contributed by atoms with Gasteiger partial charge in [0.05, 0.1) is 33.0 Å². The zero-order valence-corrected chi connectivity index (χ0v) is 8.12. The first-order valence-corrected chi connectivity index (χ1v) is 4.95. The third-order valence-electron chi connectivity index (χ3n) is 2.89. The lowest BCUT2D eigenvalue weighted by Gasteiger charge is -2.30. The molecule has 13 heavy (non-hydrogen) atoms. The van der Waals surface area contributed by atoms with Gasteiger partial charge in [-0.3, -0.25) is 0 Å². The summed E-state index contributed by atoms with van der Waals surface area (Å²) in [5.74, 6) is 0. The smallest absolute Gasteiger partial charge is 0.147 e. The zero-order valence-electron chi connectivity index (χ0n) is 8.12. The predicted molar refractivity (Wildman–Crippen MR) is 46.7 cm³/mol. The van der Waals surface area contributed by atoms with Gasteiger partial charge in [0.2, 0.25) is 0 Å². The molecule has 76 valence electrons. The SMILES string of the molecule is C[NH+]1CCOCC1CC1COCO1. The molecule has 2 aliphatic rings. The average molecular weight is 188 g/mol. The molecule has 4 heteroatoms. The van der Waals surface area contributed by atoms with Crippen LogP contribution in [0.4, 0.5) is 0 Å². The number of hydrogen-bond donors (Lipinski definition) is 1. The summed E-state index contributed by atoms with van der Waals surface area (Å²) in [4.78, 5) is 1.56. The van der Waals surface area contributed by atoms with Gasteiger partial charge >= 0.3 is 0 Å². The molecular formula is C9H18NO3+. The number of ether oxygens (including phenoxy) is 3. The van der Waals surface area contributed by atoms with Crippen LogP contribution in [-0.4, -0.2) is 52.4 Å². The zero-order chi connectivity index (χ0) is 9.10. The summed E-state index contributed by atoms with van der Waals surface area (Å²) in [5, 5.41) is 0. The van der Waals surface area contributed by atoms with Gasteiger partial charge in [-0.25, -0.2) is 0 Å². The fourth-order valence-corrected chi connectivity index (χ4v) is 1.90. The van der Waals surface area contributed by atoms with E-state index < -0.39 is 0 Å². The Morgan fingerprint density at radius 1 is 1.31 bits per heavy atom. The van der Waals surface area contributed by atoms with Crippen molar-refractivity contribution in [2.75, 3.05) is 40.2 Å². The van der Waals surface area contributed by atoms with Crippen molar-refractivity contribution in [3.8, 4) is 0 Å². The van der Waals surface area contributed by atoms with Gasteiger partial charge in [0, 0.05) is 6.42 Å². The number of rotatable bonds is 2. The van der Waals surface area contributed by atoms with Crippen molar-refractivity contribution in [1.82, 2.24) is 0 Å². The van der Waals surface area contributed by atoms with E-state index in [4.69, 9.17) is 14.2 Å². The topological polar surface area (TPSA) is 32.1 Å². The van der Waals surface area contributed by atoms with Crippen LogP contribution >= 0.6 is 0 Å². The third-order valence-corrected chi connectivity index (χ3v) is 2.89. The van der Waals surface area contributed by atoms with Crippen LogP contribution in [0.25, 0.3) is 0 Å². The van der Waals surface area contributed by atoms with E-state index in [1.807, 2.05) is 0 Å². The first kappa shape index (κ1) is 9.40. The Labute approximate surface area is 78.7 Å². The first-order chi connectivity index (χ1) is 6.36. The lowest BCUT2D eigenvalue weighted by atomic mass is 10.1. The Kier molecular flexibility index (Phi) is 3.16. The molecule has 2 fully saturated rings. The van der Waals surface area contributed by atoms with Crippen LogP contribution in [-0.2, 0) is 14.2 Å². The Bertz CT molecular complexity index is 159. The molecular weight excluding hydrogens is 170 g/mol. The second-order valence-corrected chi connectivity index (χ2v) is 3.88. The van der Waals surface area contributed by atoms with Crippen molar-refractivity contribution < 1.29 is 19.1 Å². The molecule has 0 amide bonds. The number of morpholine rings is 1. The summed E-state index contributed by atoms with van der Waals surface area (Å²) in [6.07, 6.45) is 1.35. The van der Waals surface area contributed by atoms with Gasteiger partial charge in [-0.05, 0) is 0 Å². The molecule has 0 spiro atoms. The fraction of sp³-hybridized carbons (Fsp3) is 1.00. The van der Waals surface area contributed by atoms with Crippen LogP contribution in [0.1, 0.15) is 6.42 Å². The van der Waals surface area contributed by atoms with Crippen LogP contribution < -0.4 is 4.90 Å². The van der Waals surface area contributed by atoms with Crippen molar-refractivity contribution in [3.63, 3.8) is 0 Å². The fourth-order valence-electron chi connectivity index (χ4n) is 1.90. The largest absolute Gasteiger partial charge is 0.369 e. The van der Waals surface area contributed by atoms with Gasteiger partial charge in [-0.2, -0.15) is 0 Å². The summed E-state index contributed by atoms with van der Waals surface area (Å²) >= 11 is 0. The van der Waals surface area contributed by atoms with Crippen molar-refractivity contribution in [2.24, 2.45) is 0 Å². The van der Waals surface area contributed by atoms with Gasteiger partial charge in [0.15, 0.2) is 0 Å². The van der Waals surface area contributed by atoms with E-state index >= 15 is 0 Å². The van der Waals surface area contributed by atoms with Crippen LogP contribution in [0.5, 0.6) is 0 Å². The normalized spacial score (nSPS) is 40.8. The standard InChI is InChI=1S/C9H17NO3/c1-10-2-3-11-5-8(10)4-9-6-12-7-13-9/h8-9H,2-7H2,1H3/p+1. The monoisotopic (exact) mass is 188 g/mol. The molecule has 3 atom stereocenters. The highest BCUT2D eigenvalue weighted by atomic mass is 16.7. The van der Waals surface area contributed by atoms with Crippen LogP contribution in [0.3, 0.4) is 0 Å². The highest BCUT2D eigenvalue weighted by molar-refractivity contribution is 4.68. The molecule has 0 aliphatic carbocycles. The van der Waals surface area contributed by atoms with Crippen molar-refractivity contribution in [3.05, 3.63) is 0 Å². The molecule has 0 radical (unpaired) electrons. The molecule has 2 saturated heterocycles. The quantitative estimate of drug-likeness (QED) is 0.582. The van der Waals surface area contributed by atoms with Gasteiger partial charge < -0.3 is 19.1 Å². The first-order valence-electron chi connectivity index (χ1n) is 4.95. The van der Waals surface area contributed by atoms with E-state index in [0.29, 0.717) is 18.9 Å².